The van der Waals surface area contributed by atoms with Crippen LogP contribution in [0, 0.1) is 6.92 Å². The summed E-state index contributed by atoms with van der Waals surface area (Å²) >= 11 is 1.22. The van der Waals surface area contributed by atoms with Gasteiger partial charge in [-0.1, -0.05) is 41.6 Å². The third kappa shape index (κ3) is 3.78. The number of aliphatic hydroxyl groups excluding tert-OH is 5. The molecule has 0 aliphatic carbocycles. The number of aryl methyl sites for hydroxylation is 1. The monoisotopic (exact) mass is 328 g/mol. The molecule has 1 aromatic rings. The van der Waals surface area contributed by atoms with Gasteiger partial charge < -0.3 is 25.5 Å². The lowest BCUT2D eigenvalue weighted by atomic mass is 10.0. The summed E-state index contributed by atoms with van der Waals surface area (Å²) in [5.41, 5.74) is 4.69. The van der Waals surface area contributed by atoms with Gasteiger partial charge in [-0.15, -0.1) is 0 Å². The number of hydrogen-bond donors (Lipinski definition) is 6. The van der Waals surface area contributed by atoms with Gasteiger partial charge in [0.25, 0.3) is 0 Å². The second kappa shape index (κ2) is 7.40. The van der Waals surface area contributed by atoms with Crippen LogP contribution in [0.25, 0.3) is 0 Å². The van der Waals surface area contributed by atoms with Gasteiger partial charge >= 0.3 is 0 Å². The maximum Gasteiger partial charge on any atom is 0.125 e. The summed E-state index contributed by atoms with van der Waals surface area (Å²) in [4.78, 5) is 0. The molecule has 2 rings (SSSR count). The van der Waals surface area contributed by atoms with E-state index in [1.165, 1.54) is 11.8 Å². The Morgan fingerprint density at radius 3 is 2.36 bits per heavy atom. The first-order chi connectivity index (χ1) is 10.4. The van der Waals surface area contributed by atoms with Crippen LogP contribution in [0.15, 0.2) is 29.4 Å². The zero-order valence-corrected chi connectivity index (χ0v) is 12.8. The van der Waals surface area contributed by atoms with E-state index in [4.69, 9.17) is 5.11 Å². The summed E-state index contributed by atoms with van der Waals surface area (Å²) in [6.45, 7) is 1.27. The van der Waals surface area contributed by atoms with Crippen molar-refractivity contribution >= 4 is 16.8 Å². The summed E-state index contributed by atoms with van der Waals surface area (Å²) in [5, 5.41) is 51.8. The van der Waals surface area contributed by atoms with E-state index < -0.39 is 36.4 Å². The number of thioether (sulfide) groups is 1. The first-order valence-electron chi connectivity index (χ1n) is 6.84. The predicted octanol–water partition coefficient (Wildman–Crippen LogP) is -1.24. The minimum absolute atomic E-state index is 0.660. The van der Waals surface area contributed by atoms with E-state index in [0.29, 0.717) is 5.04 Å². The molecule has 122 valence electrons. The summed E-state index contributed by atoms with van der Waals surface area (Å²) in [5.74, 6) is 0. The highest BCUT2D eigenvalue weighted by Crippen LogP contribution is 2.27. The standard InChI is InChI=1S/C14H20N2O5S/c1-7-2-4-8(5-3-7)13-15-16-14(22-13)12(21)11(20)10(19)9(18)6-17/h2-5,9-12,14,16-21H,6H2,1H3/t9-,10-,11-,12+,14+/m1/s1. The van der Waals surface area contributed by atoms with E-state index >= 15 is 0 Å². The zero-order chi connectivity index (χ0) is 16.3. The molecular formula is C14H20N2O5S. The van der Waals surface area contributed by atoms with Crippen LogP contribution in [-0.2, 0) is 0 Å². The molecule has 0 unspecified atom stereocenters. The fourth-order valence-corrected chi connectivity index (χ4v) is 3.01. The van der Waals surface area contributed by atoms with E-state index in [9.17, 15) is 20.4 Å². The molecule has 0 saturated carbocycles. The molecule has 0 aromatic heterocycles. The average Bonchev–Trinajstić information content (AvgIpc) is 3.02. The number of hydrazone groups is 1. The highest BCUT2D eigenvalue weighted by atomic mass is 32.2. The Bertz CT molecular complexity index is 524. The van der Waals surface area contributed by atoms with Crippen molar-refractivity contribution in [3.05, 3.63) is 35.4 Å². The molecule has 7 nitrogen and oxygen atoms in total. The lowest BCUT2D eigenvalue weighted by Gasteiger charge is -2.28. The van der Waals surface area contributed by atoms with Crippen LogP contribution in [0.2, 0.25) is 0 Å². The number of nitrogens with zero attached hydrogens (tertiary/aromatic N) is 1. The van der Waals surface area contributed by atoms with Crippen molar-refractivity contribution in [2.75, 3.05) is 6.61 Å². The summed E-state index contributed by atoms with van der Waals surface area (Å²) < 4.78 is 0. The molecule has 1 aliphatic rings. The van der Waals surface area contributed by atoms with Gasteiger partial charge in [0.1, 0.15) is 34.8 Å². The van der Waals surface area contributed by atoms with Gasteiger partial charge in [0.15, 0.2) is 0 Å². The van der Waals surface area contributed by atoms with Crippen LogP contribution in [-0.4, -0.2) is 67.0 Å². The van der Waals surface area contributed by atoms with Crippen molar-refractivity contribution < 1.29 is 25.5 Å². The number of rotatable bonds is 6. The summed E-state index contributed by atoms with van der Waals surface area (Å²) in [6.07, 6.45) is -6.15. The molecule has 0 fully saturated rings. The molecule has 0 spiro atoms. The van der Waals surface area contributed by atoms with Crippen molar-refractivity contribution in [1.82, 2.24) is 5.43 Å². The lowest BCUT2D eigenvalue weighted by Crippen LogP contribution is -2.51. The zero-order valence-electron chi connectivity index (χ0n) is 12.0. The Hall–Kier alpha value is -1.16. The molecule has 8 heteroatoms. The molecule has 1 heterocycles. The van der Waals surface area contributed by atoms with Crippen LogP contribution in [0.4, 0.5) is 0 Å². The number of hydrogen-bond acceptors (Lipinski definition) is 8. The Kier molecular flexibility index (Phi) is 5.79. The smallest absolute Gasteiger partial charge is 0.125 e. The topological polar surface area (TPSA) is 126 Å². The maximum absolute atomic E-state index is 10.1. The van der Waals surface area contributed by atoms with Crippen LogP contribution in [0.5, 0.6) is 0 Å². The van der Waals surface area contributed by atoms with Crippen molar-refractivity contribution in [1.29, 1.82) is 0 Å². The SMILES string of the molecule is Cc1ccc(C2=NN[C@H]([C@@H](O)[C@H](O)[C@H](O)[C@H](O)CO)S2)cc1. The Balaban J connectivity index is 1.97. The quantitative estimate of drug-likeness (QED) is 0.385. The molecule has 0 bridgehead atoms. The van der Waals surface area contributed by atoms with Gasteiger partial charge in [-0.2, -0.15) is 5.10 Å². The number of benzene rings is 1. The van der Waals surface area contributed by atoms with Crippen LogP contribution >= 0.6 is 11.8 Å². The van der Waals surface area contributed by atoms with E-state index in [1.807, 2.05) is 31.2 Å². The molecule has 0 amide bonds. The Labute approximate surface area is 132 Å². The lowest BCUT2D eigenvalue weighted by molar-refractivity contribution is -0.116. The molecule has 1 aliphatic heterocycles. The minimum Gasteiger partial charge on any atom is -0.394 e. The fraction of sp³-hybridized carbons (Fsp3) is 0.500. The number of aliphatic hydroxyl groups is 5. The number of nitrogens with one attached hydrogen (secondary N) is 1. The van der Waals surface area contributed by atoms with Crippen molar-refractivity contribution in [3.63, 3.8) is 0 Å². The van der Waals surface area contributed by atoms with E-state index in [-0.39, 0.29) is 0 Å². The fourth-order valence-electron chi connectivity index (χ4n) is 1.99. The van der Waals surface area contributed by atoms with Crippen molar-refractivity contribution in [2.45, 2.75) is 36.7 Å². The van der Waals surface area contributed by atoms with E-state index in [2.05, 4.69) is 10.5 Å². The van der Waals surface area contributed by atoms with Gasteiger partial charge in [0.2, 0.25) is 0 Å². The van der Waals surface area contributed by atoms with Crippen LogP contribution in [0.3, 0.4) is 0 Å². The predicted molar refractivity (Wildman–Crippen MR) is 83.3 cm³/mol. The minimum atomic E-state index is -1.65. The molecule has 0 saturated heterocycles. The average molecular weight is 328 g/mol. The largest absolute Gasteiger partial charge is 0.394 e. The van der Waals surface area contributed by atoms with E-state index in [1.54, 1.807) is 0 Å². The molecule has 22 heavy (non-hydrogen) atoms. The van der Waals surface area contributed by atoms with Crippen molar-refractivity contribution in [3.8, 4) is 0 Å². The van der Waals surface area contributed by atoms with E-state index in [0.717, 1.165) is 11.1 Å². The van der Waals surface area contributed by atoms with Crippen molar-refractivity contribution in [2.24, 2.45) is 5.10 Å². The molecule has 5 atom stereocenters. The van der Waals surface area contributed by atoms with Crippen LogP contribution < -0.4 is 5.43 Å². The highest BCUT2D eigenvalue weighted by molar-refractivity contribution is 8.15. The first kappa shape index (κ1) is 17.2. The summed E-state index contributed by atoms with van der Waals surface area (Å²) in [7, 11) is 0. The molecular weight excluding hydrogens is 308 g/mol. The second-order valence-corrected chi connectivity index (χ2v) is 6.30. The van der Waals surface area contributed by atoms with Crippen LogP contribution in [0.1, 0.15) is 11.1 Å². The van der Waals surface area contributed by atoms with Gasteiger partial charge in [0.05, 0.1) is 6.61 Å². The molecule has 6 N–H and O–H groups in total. The Morgan fingerprint density at radius 1 is 1.14 bits per heavy atom. The highest BCUT2D eigenvalue weighted by Gasteiger charge is 2.37. The maximum atomic E-state index is 10.1. The summed E-state index contributed by atoms with van der Waals surface area (Å²) in [6, 6.07) is 7.69. The third-order valence-corrected chi connectivity index (χ3v) is 4.61. The molecule has 1 aromatic carbocycles. The first-order valence-corrected chi connectivity index (χ1v) is 7.72. The van der Waals surface area contributed by atoms with Gasteiger partial charge in [-0.05, 0) is 6.92 Å². The van der Waals surface area contributed by atoms with Gasteiger partial charge in [-0.3, -0.25) is 5.43 Å². The third-order valence-electron chi connectivity index (χ3n) is 3.42. The molecule has 0 radical (unpaired) electrons. The Morgan fingerprint density at radius 2 is 1.77 bits per heavy atom. The normalized spacial score (nSPS) is 23.4. The van der Waals surface area contributed by atoms with Gasteiger partial charge in [0, 0.05) is 5.56 Å². The second-order valence-electron chi connectivity index (χ2n) is 5.17. The van der Waals surface area contributed by atoms with Gasteiger partial charge in [-0.25, -0.2) is 0 Å².